The van der Waals surface area contributed by atoms with Crippen molar-refractivity contribution in [1.82, 2.24) is 25.8 Å². The number of hydrogen-bond donors (Lipinski definition) is 3. The first-order chi connectivity index (χ1) is 10.5. The van der Waals surface area contributed by atoms with Gasteiger partial charge in [-0.2, -0.15) is 0 Å². The van der Waals surface area contributed by atoms with E-state index in [2.05, 4.69) is 16.0 Å². The predicted molar refractivity (Wildman–Crippen MR) is 80.7 cm³/mol. The van der Waals surface area contributed by atoms with E-state index in [0.29, 0.717) is 0 Å². The number of carbonyl (C=O) groups is 4. The molecule has 0 aromatic carbocycles. The van der Waals surface area contributed by atoms with Crippen molar-refractivity contribution >= 4 is 23.6 Å². The number of amides is 4. The summed E-state index contributed by atoms with van der Waals surface area (Å²) in [6.45, 7) is 6.88. The van der Waals surface area contributed by atoms with Crippen LogP contribution in [0.25, 0.3) is 0 Å². The van der Waals surface area contributed by atoms with Crippen LogP contribution in [0.2, 0.25) is 0 Å². The van der Waals surface area contributed by atoms with Gasteiger partial charge in [0.05, 0.1) is 18.8 Å². The highest BCUT2D eigenvalue weighted by molar-refractivity contribution is 5.93. The van der Waals surface area contributed by atoms with Gasteiger partial charge in [-0.25, -0.2) is 0 Å². The molecule has 0 aromatic heterocycles. The highest BCUT2D eigenvalue weighted by atomic mass is 16.2. The Hall–Kier alpha value is -2.16. The summed E-state index contributed by atoms with van der Waals surface area (Å²) in [5.41, 5.74) is -1.36. The Labute approximate surface area is 134 Å². The molecule has 0 radical (unpaired) electrons. The normalized spacial score (nSPS) is 22.3. The molecule has 3 N–H and O–H groups in total. The summed E-state index contributed by atoms with van der Waals surface area (Å²) in [5.74, 6) is -1.16. The summed E-state index contributed by atoms with van der Waals surface area (Å²) in [4.78, 5) is 50.1. The minimum absolute atomic E-state index is 0.0245. The van der Waals surface area contributed by atoms with Gasteiger partial charge in [-0.3, -0.25) is 24.5 Å². The molecule has 0 aromatic rings. The molecule has 0 saturated carbocycles. The molecule has 0 atom stereocenters. The third-order valence-corrected chi connectivity index (χ3v) is 4.11. The lowest BCUT2D eigenvalue weighted by Crippen LogP contribution is -2.54. The number of rotatable bonds is 4. The van der Waals surface area contributed by atoms with E-state index in [9.17, 15) is 19.2 Å². The first-order valence-electron chi connectivity index (χ1n) is 7.46. The summed E-state index contributed by atoms with van der Waals surface area (Å²) >= 11 is 0. The number of hydrogen-bond acceptors (Lipinski definition) is 5. The Morgan fingerprint density at radius 3 is 2.30 bits per heavy atom. The van der Waals surface area contributed by atoms with E-state index in [4.69, 9.17) is 0 Å². The summed E-state index contributed by atoms with van der Waals surface area (Å²) in [7, 11) is 0. The van der Waals surface area contributed by atoms with E-state index in [1.54, 1.807) is 27.7 Å². The second-order valence-corrected chi connectivity index (χ2v) is 6.76. The van der Waals surface area contributed by atoms with Crippen LogP contribution in [0.4, 0.5) is 0 Å². The molecule has 2 heterocycles. The number of nitrogens with one attached hydrogen (secondary N) is 3. The summed E-state index contributed by atoms with van der Waals surface area (Å²) in [6, 6.07) is 0. The molecule has 128 valence electrons. The summed E-state index contributed by atoms with van der Waals surface area (Å²) < 4.78 is 0. The molecule has 2 aliphatic rings. The van der Waals surface area contributed by atoms with Crippen molar-refractivity contribution in [2.75, 3.05) is 26.2 Å². The average molecular weight is 325 g/mol. The first-order valence-corrected chi connectivity index (χ1v) is 7.46. The Morgan fingerprint density at radius 2 is 1.83 bits per heavy atom. The second kappa shape index (κ2) is 5.80. The van der Waals surface area contributed by atoms with Gasteiger partial charge in [-0.1, -0.05) is 0 Å². The lowest BCUT2D eigenvalue weighted by atomic mass is 10.2. The smallest absolute Gasteiger partial charge is 0.244 e. The Morgan fingerprint density at radius 1 is 1.17 bits per heavy atom. The van der Waals surface area contributed by atoms with Gasteiger partial charge in [0, 0.05) is 0 Å². The highest BCUT2D eigenvalue weighted by Crippen LogP contribution is 2.17. The molecule has 4 amide bonds. The molecule has 0 unspecified atom stereocenters. The fourth-order valence-electron chi connectivity index (χ4n) is 2.74. The fraction of sp³-hybridized carbons (Fsp3) is 0.714. The van der Waals surface area contributed by atoms with Crippen LogP contribution < -0.4 is 16.0 Å². The monoisotopic (exact) mass is 325 g/mol. The van der Waals surface area contributed by atoms with Crippen LogP contribution >= 0.6 is 0 Å². The minimum atomic E-state index is -0.768. The molecule has 2 saturated heterocycles. The van der Waals surface area contributed by atoms with Crippen molar-refractivity contribution < 1.29 is 19.2 Å². The molecule has 0 bridgehead atoms. The van der Waals surface area contributed by atoms with Crippen LogP contribution in [0.5, 0.6) is 0 Å². The topological polar surface area (TPSA) is 111 Å². The molecule has 0 spiro atoms. The second-order valence-electron chi connectivity index (χ2n) is 6.76. The van der Waals surface area contributed by atoms with Crippen LogP contribution in [0.3, 0.4) is 0 Å². The molecular weight excluding hydrogens is 302 g/mol. The molecule has 9 heteroatoms. The number of nitrogens with zero attached hydrogens (tertiary/aromatic N) is 2. The molecule has 23 heavy (non-hydrogen) atoms. The van der Waals surface area contributed by atoms with Gasteiger partial charge in [0.2, 0.25) is 23.6 Å². The third-order valence-electron chi connectivity index (χ3n) is 4.11. The number of carbonyl (C=O) groups excluding carboxylic acids is 4. The lowest BCUT2D eigenvalue weighted by molar-refractivity contribution is -0.138. The standard InChI is InChI=1S/C14H23N5O4/c1-13(2)16-6-12(23)18(13)7-9(20)15-5-11(22)19-8-10(21)17-14(19,3)4/h16H,5-8H2,1-4H3,(H,15,20)(H,17,21). The van der Waals surface area contributed by atoms with Crippen LogP contribution in [-0.2, 0) is 19.2 Å². The van der Waals surface area contributed by atoms with Gasteiger partial charge in [-0.05, 0) is 27.7 Å². The van der Waals surface area contributed by atoms with Gasteiger partial charge >= 0.3 is 0 Å². The zero-order chi connectivity index (χ0) is 17.4. The largest absolute Gasteiger partial charge is 0.345 e. The zero-order valence-electron chi connectivity index (χ0n) is 13.9. The van der Waals surface area contributed by atoms with Gasteiger partial charge in [0.1, 0.15) is 18.8 Å². The van der Waals surface area contributed by atoms with E-state index < -0.39 is 17.2 Å². The van der Waals surface area contributed by atoms with Gasteiger partial charge < -0.3 is 20.4 Å². The molecule has 0 aliphatic carbocycles. The molecule has 9 nitrogen and oxygen atoms in total. The van der Waals surface area contributed by atoms with E-state index in [0.717, 1.165) is 0 Å². The minimum Gasteiger partial charge on any atom is -0.345 e. The van der Waals surface area contributed by atoms with Crippen molar-refractivity contribution in [3.8, 4) is 0 Å². The van der Waals surface area contributed by atoms with Crippen molar-refractivity contribution in [2.45, 2.75) is 39.0 Å². The van der Waals surface area contributed by atoms with Crippen LogP contribution in [0.15, 0.2) is 0 Å². The van der Waals surface area contributed by atoms with Crippen molar-refractivity contribution in [1.29, 1.82) is 0 Å². The van der Waals surface area contributed by atoms with Crippen LogP contribution in [0, 0.1) is 0 Å². The zero-order valence-corrected chi connectivity index (χ0v) is 13.9. The Bertz CT molecular complexity index is 557. The van der Waals surface area contributed by atoms with Gasteiger partial charge in [0.25, 0.3) is 0 Å². The molecular formula is C14H23N5O4. The van der Waals surface area contributed by atoms with Crippen molar-refractivity contribution in [3.05, 3.63) is 0 Å². The SMILES string of the molecule is CC1(C)NCC(=O)N1CC(=O)NCC(=O)N1CC(=O)NC1(C)C. The highest BCUT2D eigenvalue weighted by Gasteiger charge is 2.40. The summed E-state index contributed by atoms with van der Waals surface area (Å²) in [5, 5.41) is 8.19. The quantitative estimate of drug-likeness (QED) is 0.552. The van der Waals surface area contributed by atoms with E-state index in [1.807, 2.05) is 0 Å². The third kappa shape index (κ3) is 3.61. The van der Waals surface area contributed by atoms with Crippen LogP contribution in [0.1, 0.15) is 27.7 Å². The first kappa shape index (κ1) is 17.2. The fourth-order valence-corrected chi connectivity index (χ4v) is 2.74. The molecule has 2 fully saturated rings. The van der Waals surface area contributed by atoms with E-state index in [-0.39, 0.29) is 43.9 Å². The molecule has 2 aliphatic heterocycles. The van der Waals surface area contributed by atoms with Crippen LogP contribution in [-0.4, -0.2) is 70.9 Å². The van der Waals surface area contributed by atoms with E-state index in [1.165, 1.54) is 9.80 Å². The predicted octanol–water partition coefficient (Wildman–Crippen LogP) is -2.03. The van der Waals surface area contributed by atoms with Crippen molar-refractivity contribution in [3.63, 3.8) is 0 Å². The maximum absolute atomic E-state index is 12.2. The summed E-state index contributed by atoms with van der Waals surface area (Å²) in [6.07, 6.45) is 0. The van der Waals surface area contributed by atoms with Gasteiger partial charge in [0.15, 0.2) is 0 Å². The van der Waals surface area contributed by atoms with E-state index >= 15 is 0 Å². The maximum Gasteiger partial charge on any atom is 0.244 e. The lowest BCUT2D eigenvalue weighted by Gasteiger charge is -2.31. The average Bonchev–Trinajstić information content (AvgIpc) is 2.85. The maximum atomic E-state index is 12.2. The van der Waals surface area contributed by atoms with Gasteiger partial charge in [-0.15, -0.1) is 0 Å². The Balaban J connectivity index is 1.86. The van der Waals surface area contributed by atoms with Crippen molar-refractivity contribution in [2.24, 2.45) is 0 Å². The molecule has 2 rings (SSSR count). The Kier molecular flexibility index (Phi) is 4.34.